The lowest BCUT2D eigenvalue weighted by Crippen LogP contribution is -2.58. The maximum absolute atomic E-state index is 13.6. The smallest absolute Gasteiger partial charge is 0.338 e. The number of methoxy groups -OCH3 is 6. The summed E-state index contributed by atoms with van der Waals surface area (Å²) < 4.78 is 40.0. The highest BCUT2D eigenvalue weighted by atomic mass is 16.7. The summed E-state index contributed by atoms with van der Waals surface area (Å²) in [7, 11) is 8.71. The maximum Gasteiger partial charge on any atom is 0.338 e. The fourth-order valence-electron chi connectivity index (χ4n) is 8.06. The average Bonchev–Trinajstić information content (AvgIpc) is 3.43. The van der Waals surface area contributed by atoms with E-state index in [-0.39, 0.29) is 28.5 Å². The Kier molecular flexibility index (Phi) is 8.90. The molecule has 0 N–H and O–H groups in total. The van der Waals surface area contributed by atoms with Crippen LogP contribution in [0.3, 0.4) is 0 Å². The first kappa shape index (κ1) is 32.4. The van der Waals surface area contributed by atoms with Crippen LogP contribution in [0.15, 0.2) is 30.3 Å². The van der Waals surface area contributed by atoms with Gasteiger partial charge in [-0.3, -0.25) is 9.69 Å². The molecule has 2 aliphatic heterocycles. The Hall–Kier alpha value is -4.56. The Balaban J connectivity index is 1.34. The van der Waals surface area contributed by atoms with E-state index in [0.717, 1.165) is 10.9 Å². The van der Waals surface area contributed by atoms with Crippen molar-refractivity contribution in [1.82, 2.24) is 9.58 Å². The van der Waals surface area contributed by atoms with E-state index in [9.17, 15) is 19.7 Å². The van der Waals surface area contributed by atoms with Crippen LogP contribution in [0, 0.1) is 27.9 Å². The van der Waals surface area contributed by atoms with E-state index in [1.165, 1.54) is 59.5 Å². The zero-order valence-electron chi connectivity index (χ0n) is 27.2. The van der Waals surface area contributed by atoms with Crippen LogP contribution >= 0.6 is 0 Å². The number of nitrogens with zero attached hydrogens (tertiary/aromatic N) is 3. The van der Waals surface area contributed by atoms with Crippen molar-refractivity contribution >= 4 is 22.8 Å². The van der Waals surface area contributed by atoms with Gasteiger partial charge < -0.3 is 33.2 Å². The van der Waals surface area contributed by atoms with Crippen LogP contribution in [0.25, 0.3) is 10.9 Å². The lowest BCUT2D eigenvalue weighted by molar-refractivity contribution is -0.540. The van der Waals surface area contributed by atoms with Crippen molar-refractivity contribution in [2.75, 3.05) is 55.7 Å². The van der Waals surface area contributed by atoms with E-state index in [2.05, 4.69) is 4.90 Å². The molecule has 1 aliphatic carbocycles. The third-order valence-electron chi connectivity index (χ3n) is 10.1. The zero-order valence-corrected chi connectivity index (χ0v) is 27.2. The molecule has 252 valence electrons. The molecule has 6 unspecified atom stereocenters. The van der Waals surface area contributed by atoms with Crippen molar-refractivity contribution in [3.05, 3.63) is 57.3 Å². The van der Waals surface area contributed by atoms with Gasteiger partial charge in [-0.15, -0.1) is 0 Å². The standard InChI is InChI=1S/C33H39N3O11/c1-41-19-7-8-20-21-9-10-34-16-18-13-27(47-32(37)17-11-25(42-2)30(44-4)26(12-17)43-3)31(45-5)28(33(38)46-6)22(18)15-24(34)29(21)35(36(39)40)23(20)14-19/h7-8,11-12,14,18,22,24,27-28,31H,9-10,13,15-16H2,1-6H3. The summed E-state index contributed by atoms with van der Waals surface area (Å²) in [5.41, 5.74) is 2.22. The van der Waals surface area contributed by atoms with Crippen LogP contribution < -0.4 is 18.9 Å². The molecule has 0 amide bonds. The van der Waals surface area contributed by atoms with Crippen LogP contribution in [-0.4, -0.2) is 94.5 Å². The summed E-state index contributed by atoms with van der Waals surface area (Å²) in [4.78, 5) is 41.9. The number of piperidine rings is 1. The predicted molar refractivity (Wildman–Crippen MR) is 167 cm³/mol. The van der Waals surface area contributed by atoms with E-state index >= 15 is 0 Å². The van der Waals surface area contributed by atoms with Crippen molar-refractivity contribution < 1.29 is 47.8 Å². The summed E-state index contributed by atoms with van der Waals surface area (Å²) in [5.74, 6) is -0.753. The second-order valence-corrected chi connectivity index (χ2v) is 12.1. The second kappa shape index (κ2) is 12.9. The third-order valence-corrected chi connectivity index (χ3v) is 10.1. The molecule has 14 nitrogen and oxygen atoms in total. The number of hydrogen-bond donors (Lipinski definition) is 0. The molecule has 3 aromatic rings. The minimum atomic E-state index is -0.810. The summed E-state index contributed by atoms with van der Waals surface area (Å²) in [6.45, 7) is 1.25. The Labute approximate surface area is 271 Å². The number of carbonyl (C=O) groups excluding carboxylic acids is 2. The topological polar surface area (TPSA) is 150 Å². The number of nitro groups is 1. The molecule has 0 spiro atoms. The van der Waals surface area contributed by atoms with Crippen LogP contribution in [0.4, 0.5) is 0 Å². The minimum Gasteiger partial charge on any atom is -0.497 e. The summed E-state index contributed by atoms with van der Waals surface area (Å²) in [6, 6.07) is 8.09. The molecule has 3 heterocycles. The Morgan fingerprint density at radius 2 is 1.66 bits per heavy atom. The molecule has 0 radical (unpaired) electrons. The molecule has 2 aromatic carbocycles. The fourth-order valence-corrected chi connectivity index (χ4v) is 8.06. The second-order valence-electron chi connectivity index (χ2n) is 12.1. The highest BCUT2D eigenvalue weighted by molar-refractivity contribution is 5.91. The average molecular weight is 654 g/mol. The van der Waals surface area contributed by atoms with Gasteiger partial charge in [-0.2, -0.15) is 0 Å². The van der Waals surface area contributed by atoms with Crippen molar-refractivity contribution in [3.8, 4) is 23.0 Å². The Bertz CT molecular complexity index is 1680. The van der Waals surface area contributed by atoms with Gasteiger partial charge in [-0.05, 0) is 60.9 Å². The molecule has 1 saturated carbocycles. The predicted octanol–water partition coefficient (Wildman–Crippen LogP) is 3.68. The molecule has 2 fully saturated rings. The van der Waals surface area contributed by atoms with Gasteiger partial charge >= 0.3 is 11.9 Å². The first-order chi connectivity index (χ1) is 22.7. The molecule has 1 saturated heterocycles. The number of benzene rings is 2. The fraction of sp³-hybridized carbons (Fsp3) is 0.515. The number of aromatic nitrogens is 1. The van der Waals surface area contributed by atoms with E-state index in [4.69, 9.17) is 33.2 Å². The highest BCUT2D eigenvalue weighted by Gasteiger charge is 2.55. The van der Waals surface area contributed by atoms with Crippen LogP contribution in [-0.2, 0) is 25.4 Å². The van der Waals surface area contributed by atoms with Gasteiger partial charge in [0.1, 0.15) is 29.2 Å². The number of fused-ring (bicyclic) bond motifs is 6. The van der Waals surface area contributed by atoms with Crippen LogP contribution in [0.2, 0.25) is 0 Å². The van der Waals surface area contributed by atoms with E-state index in [0.29, 0.717) is 66.6 Å². The molecule has 1 aromatic heterocycles. The molecule has 6 atom stereocenters. The summed E-state index contributed by atoms with van der Waals surface area (Å²) in [6.07, 6.45) is -0.0562. The zero-order chi connectivity index (χ0) is 33.6. The Morgan fingerprint density at radius 1 is 0.936 bits per heavy atom. The lowest BCUT2D eigenvalue weighted by atomic mass is 9.63. The third kappa shape index (κ3) is 5.38. The number of carbonyl (C=O) groups is 2. The molecule has 6 rings (SSSR count). The maximum atomic E-state index is 13.6. The van der Waals surface area contributed by atoms with Crippen LogP contribution in [0.1, 0.15) is 40.5 Å². The summed E-state index contributed by atoms with van der Waals surface area (Å²) in [5, 5.41) is 13.0. The van der Waals surface area contributed by atoms with Crippen LogP contribution in [0.5, 0.6) is 23.0 Å². The van der Waals surface area contributed by atoms with Gasteiger partial charge in [-0.1, -0.05) is 4.68 Å². The van der Waals surface area contributed by atoms with Gasteiger partial charge in [0.25, 0.3) is 0 Å². The number of ether oxygens (including phenoxy) is 7. The molecule has 3 aliphatic rings. The normalized spacial score (nSPS) is 25.1. The van der Waals surface area contributed by atoms with Gasteiger partial charge in [0.05, 0.1) is 53.1 Å². The van der Waals surface area contributed by atoms with Gasteiger partial charge in [0.2, 0.25) is 5.75 Å². The molecular formula is C33H39N3O11. The number of esters is 2. The van der Waals surface area contributed by atoms with Crippen molar-refractivity contribution in [2.45, 2.75) is 37.5 Å². The van der Waals surface area contributed by atoms with E-state index in [1.807, 2.05) is 12.1 Å². The first-order valence-electron chi connectivity index (χ1n) is 15.4. The number of rotatable bonds is 9. The van der Waals surface area contributed by atoms with Gasteiger partial charge in [-0.25, -0.2) is 14.9 Å². The van der Waals surface area contributed by atoms with E-state index in [1.54, 1.807) is 6.07 Å². The minimum absolute atomic E-state index is 0.0745. The van der Waals surface area contributed by atoms with E-state index < -0.39 is 30.1 Å². The molecular weight excluding hydrogens is 614 g/mol. The summed E-state index contributed by atoms with van der Waals surface area (Å²) >= 11 is 0. The monoisotopic (exact) mass is 653 g/mol. The molecule has 47 heavy (non-hydrogen) atoms. The van der Waals surface area contributed by atoms with Gasteiger partial charge in [0.15, 0.2) is 16.5 Å². The largest absolute Gasteiger partial charge is 0.497 e. The quantitative estimate of drug-likeness (QED) is 0.188. The Morgan fingerprint density at radius 3 is 2.26 bits per heavy atom. The van der Waals surface area contributed by atoms with Crippen molar-refractivity contribution in [1.29, 1.82) is 0 Å². The molecule has 0 bridgehead atoms. The first-order valence-corrected chi connectivity index (χ1v) is 15.4. The lowest BCUT2D eigenvalue weighted by Gasteiger charge is -2.52. The highest BCUT2D eigenvalue weighted by Crippen LogP contribution is 2.51. The van der Waals surface area contributed by atoms with Gasteiger partial charge in [0, 0.05) is 31.7 Å². The number of hydrogen-bond acceptors (Lipinski definition) is 12. The van der Waals surface area contributed by atoms with Crippen molar-refractivity contribution in [3.63, 3.8) is 0 Å². The van der Waals surface area contributed by atoms with Crippen molar-refractivity contribution in [2.24, 2.45) is 17.8 Å². The molecule has 14 heteroatoms. The SMILES string of the molecule is COC(=O)C1C2CC3c4c(c5ccc(OC)cc5n4[N+](=O)[O-])CCN3CC2CC(OC(=O)c2cc(OC)c(OC)c(OC)c2)C1OC.